The van der Waals surface area contributed by atoms with Crippen LogP contribution in [0, 0.1) is 10.1 Å². The topological polar surface area (TPSA) is 102 Å². The van der Waals surface area contributed by atoms with E-state index in [0.717, 1.165) is 11.3 Å². The number of H-pyrrole nitrogens is 1. The minimum absolute atomic E-state index is 0.0151. The number of nitrogens with one attached hydrogen (secondary N) is 1. The quantitative estimate of drug-likeness (QED) is 0.391. The summed E-state index contributed by atoms with van der Waals surface area (Å²) in [7, 11) is 1.53. The van der Waals surface area contributed by atoms with Gasteiger partial charge in [-0.2, -0.15) is 0 Å². The number of aromatic nitrogens is 1. The maximum Gasteiger partial charge on any atom is 0.288 e. The SMILES string of the molecule is COc1ccc(C(=O)C=c2[nH]c(=O)c(=Cc3ccc(Cl)c([N+](=O)[O-])c3)s2)cc1. The van der Waals surface area contributed by atoms with Crippen LogP contribution in [-0.4, -0.2) is 22.8 Å². The van der Waals surface area contributed by atoms with E-state index >= 15 is 0 Å². The van der Waals surface area contributed by atoms with E-state index in [9.17, 15) is 19.7 Å². The number of Topliss-reactive ketones (excluding diaryl/α,β-unsaturated/α-hetero) is 1. The lowest BCUT2D eigenvalue weighted by molar-refractivity contribution is -0.384. The van der Waals surface area contributed by atoms with E-state index in [0.29, 0.717) is 26.1 Å². The number of benzene rings is 2. The highest BCUT2D eigenvalue weighted by Gasteiger charge is 2.12. The van der Waals surface area contributed by atoms with Gasteiger partial charge in [0.1, 0.15) is 10.8 Å². The third kappa shape index (κ3) is 4.36. The molecule has 0 amide bonds. The van der Waals surface area contributed by atoms with Crippen molar-refractivity contribution in [2.75, 3.05) is 7.11 Å². The number of rotatable bonds is 5. The summed E-state index contributed by atoms with van der Waals surface area (Å²) in [5.74, 6) is 0.365. The second kappa shape index (κ2) is 8.20. The molecule has 2 aromatic carbocycles. The van der Waals surface area contributed by atoms with Gasteiger partial charge in [-0.05, 0) is 42.0 Å². The van der Waals surface area contributed by atoms with Crippen LogP contribution in [0.4, 0.5) is 5.69 Å². The first-order valence-corrected chi connectivity index (χ1v) is 9.12. The fourth-order valence-corrected chi connectivity index (χ4v) is 3.46. The number of carbonyl (C=O) groups excluding carboxylic acids is 1. The van der Waals surface area contributed by atoms with Crippen LogP contribution in [0.3, 0.4) is 0 Å². The summed E-state index contributed by atoms with van der Waals surface area (Å²) < 4.78 is 5.74. The van der Waals surface area contributed by atoms with Crippen LogP contribution < -0.4 is 19.5 Å². The fourth-order valence-electron chi connectivity index (χ4n) is 2.39. The van der Waals surface area contributed by atoms with Crippen LogP contribution in [0.15, 0.2) is 47.3 Å². The Kier molecular flexibility index (Phi) is 5.72. The summed E-state index contributed by atoms with van der Waals surface area (Å²) >= 11 is 6.87. The zero-order valence-electron chi connectivity index (χ0n) is 14.5. The van der Waals surface area contributed by atoms with Gasteiger partial charge in [0.05, 0.1) is 21.2 Å². The Morgan fingerprint density at radius 2 is 1.96 bits per heavy atom. The predicted octanol–water partition coefficient (Wildman–Crippen LogP) is 2.50. The largest absolute Gasteiger partial charge is 0.497 e. The van der Waals surface area contributed by atoms with Crippen LogP contribution in [0.1, 0.15) is 15.9 Å². The second-order valence-corrected chi connectivity index (χ2v) is 7.13. The van der Waals surface area contributed by atoms with Gasteiger partial charge in [0, 0.05) is 17.7 Å². The molecule has 0 saturated carbocycles. The highest BCUT2D eigenvalue weighted by atomic mass is 35.5. The van der Waals surface area contributed by atoms with Crippen molar-refractivity contribution in [3.8, 4) is 5.75 Å². The smallest absolute Gasteiger partial charge is 0.288 e. The molecule has 0 radical (unpaired) electrons. The van der Waals surface area contributed by atoms with E-state index in [1.165, 1.54) is 31.4 Å². The number of aromatic amines is 1. The lowest BCUT2D eigenvalue weighted by atomic mass is 10.1. The Labute approximate surface area is 167 Å². The van der Waals surface area contributed by atoms with Crippen molar-refractivity contribution in [2.24, 2.45) is 0 Å². The molecule has 0 bridgehead atoms. The predicted molar refractivity (Wildman–Crippen MR) is 108 cm³/mol. The first-order valence-electron chi connectivity index (χ1n) is 7.92. The van der Waals surface area contributed by atoms with Crippen LogP contribution in [0.5, 0.6) is 5.75 Å². The summed E-state index contributed by atoms with van der Waals surface area (Å²) in [6.45, 7) is 0. The Morgan fingerprint density at radius 1 is 1.25 bits per heavy atom. The lowest BCUT2D eigenvalue weighted by Gasteiger charge is -1.99. The molecule has 9 heteroatoms. The van der Waals surface area contributed by atoms with Crippen molar-refractivity contribution in [3.63, 3.8) is 0 Å². The highest BCUT2D eigenvalue weighted by Crippen LogP contribution is 2.25. The summed E-state index contributed by atoms with van der Waals surface area (Å²) in [6.07, 6.45) is 2.83. The number of nitro groups is 1. The lowest BCUT2D eigenvalue weighted by Crippen LogP contribution is -2.20. The number of ether oxygens (including phenoxy) is 1. The summed E-state index contributed by atoms with van der Waals surface area (Å²) in [6, 6.07) is 10.9. The third-order valence-electron chi connectivity index (χ3n) is 3.78. The maximum absolute atomic E-state index is 12.3. The number of nitrogens with zero attached hydrogens (tertiary/aromatic N) is 1. The molecule has 1 aromatic heterocycles. The van der Waals surface area contributed by atoms with Crippen LogP contribution >= 0.6 is 22.9 Å². The van der Waals surface area contributed by atoms with Crippen molar-refractivity contribution in [1.82, 2.24) is 4.98 Å². The molecule has 0 spiro atoms. The Balaban J connectivity index is 1.96. The molecule has 3 rings (SSSR count). The molecule has 3 aromatic rings. The van der Waals surface area contributed by atoms with Crippen molar-refractivity contribution in [1.29, 1.82) is 0 Å². The standard InChI is InChI=1S/C19H13ClN2O5S/c1-27-13-5-3-12(4-6-13)16(23)10-18-21-19(24)17(28-18)9-11-2-7-14(20)15(8-11)22(25)26/h2-10H,1H3,(H,21,24). The van der Waals surface area contributed by atoms with E-state index in [2.05, 4.69) is 4.98 Å². The number of thiazole rings is 1. The second-order valence-electron chi connectivity index (χ2n) is 5.63. The van der Waals surface area contributed by atoms with Gasteiger partial charge in [-0.25, -0.2) is 0 Å². The summed E-state index contributed by atoms with van der Waals surface area (Å²) in [4.78, 5) is 37.5. The zero-order chi connectivity index (χ0) is 20.3. The van der Waals surface area contributed by atoms with E-state index in [4.69, 9.17) is 16.3 Å². The van der Waals surface area contributed by atoms with E-state index < -0.39 is 10.5 Å². The minimum Gasteiger partial charge on any atom is -0.497 e. The number of hydrogen-bond acceptors (Lipinski definition) is 6. The Morgan fingerprint density at radius 3 is 2.61 bits per heavy atom. The average molecular weight is 417 g/mol. The Bertz CT molecular complexity index is 1230. The number of nitro benzene ring substituents is 1. The number of halogens is 1. The van der Waals surface area contributed by atoms with Gasteiger partial charge in [-0.3, -0.25) is 19.7 Å². The van der Waals surface area contributed by atoms with Crippen molar-refractivity contribution >= 4 is 46.6 Å². The third-order valence-corrected chi connectivity index (χ3v) is 5.06. The Hall–Kier alpha value is -3.23. The normalized spacial score (nSPS) is 12.2. The fraction of sp³-hybridized carbons (Fsp3) is 0.0526. The zero-order valence-corrected chi connectivity index (χ0v) is 16.0. The number of carbonyl (C=O) groups is 1. The molecular weight excluding hydrogens is 404 g/mol. The van der Waals surface area contributed by atoms with E-state index in [-0.39, 0.29) is 16.5 Å². The maximum atomic E-state index is 12.3. The monoisotopic (exact) mass is 416 g/mol. The van der Waals surface area contributed by atoms with E-state index in [1.807, 2.05) is 0 Å². The summed E-state index contributed by atoms with van der Waals surface area (Å²) in [5.41, 5.74) is 0.270. The van der Waals surface area contributed by atoms with E-state index in [1.54, 1.807) is 30.3 Å². The van der Waals surface area contributed by atoms with Crippen molar-refractivity contribution in [2.45, 2.75) is 0 Å². The van der Waals surface area contributed by atoms with Gasteiger partial charge >= 0.3 is 0 Å². The van der Waals surface area contributed by atoms with Gasteiger partial charge in [-0.15, -0.1) is 11.3 Å². The van der Waals surface area contributed by atoms with Gasteiger partial charge in [-0.1, -0.05) is 17.7 Å². The summed E-state index contributed by atoms with van der Waals surface area (Å²) in [5, 5.41) is 11.0. The highest BCUT2D eigenvalue weighted by molar-refractivity contribution is 7.07. The first kappa shape index (κ1) is 19.5. The number of methoxy groups -OCH3 is 1. The molecule has 0 aliphatic heterocycles. The van der Waals surface area contributed by atoms with Gasteiger partial charge in [0.15, 0.2) is 5.78 Å². The van der Waals surface area contributed by atoms with Crippen LogP contribution in [0.2, 0.25) is 5.02 Å². The first-order chi connectivity index (χ1) is 13.4. The number of ketones is 1. The average Bonchev–Trinajstić information content (AvgIpc) is 3.01. The number of hydrogen-bond donors (Lipinski definition) is 1. The van der Waals surface area contributed by atoms with Crippen LogP contribution in [0.25, 0.3) is 12.2 Å². The minimum atomic E-state index is -0.592. The molecule has 0 aliphatic carbocycles. The van der Waals surface area contributed by atoms with Gasteiger partial charge < -0.3 is 9.72 Å². The molecule has 0 saturated heterocycles. The van der Waals surface area contributed by atoms with Gasteiger partial charge in [0.2, 0.25) is 0 Å². The van der Waals surface area contributed by atoms with Crippen LogP contribution in [-0.2, 0) is 0 Å². The van der Waals surface area contributed by atoms with Gasteiger partial charge in [0.25, 0.3) is 11.2 Å². The molecule has 0 atom stereocenters. The molecule has 0 fully saturated rings. The molecule has 0 aliphatic rings. The van der Waals surface area contributed by atoms with Crippen molar-refractivity contribution < 1.29 is 14.5 Å². The molecular formula is C19H13ClN2O5S. The molecule has 28 heavy (non-hydrogen) atoms. The molecule has 1 heterocycles. The van der Waals surface area contributed by atoms with Crippen molar-refractivity contribution in [3.05, 3.63) is 88.3 Å². The molecule has 1 N–H and O–H groups in total. The molecule has 0 unspecified atom stereocenters. The molecule has 7 nitrogen and oxygen atoms in total. The molecule has 142 valence electrons.